The zero-order valence-corrected chi connectivity index (χ0v) is 7.91. The molecular formula is C12H16O. The predicted molar refractivity (Wildman–Crippen MR) is 49.0 cm³/mol. The fraction of sp³-hybridized carbons (Fsp3) is 0.917. The molecule has 4 saturated carbocycles. The van der Waals surface area contributed by atoms with Crippen LogP contribution in [0.2, 0.25) is 0 Å². The molecule has 0 aromatic heterocycles. The molecule has 4 aliphatic carbocycles. The molecule has 1 heteroatoms. The molecule has 1 nitrogen and oxygen atoms in total. The molecule has 13 heavy (non-hydrogen) atoms. The maximum Gasteiger partial charge on any atom is 0.139 e. The lowest BCUT2D eigenvalue weighted by Gasteiger charge is -2.33. The summed E-state index contributed by atoms with van der Waals surface area (Å²) in [7, 11) is 0. The van der Waals surface area contributed by atoms with Crippen molar-refractivity contribution in [2.45, 2.75) is 32.1 Å². The minimum Gasteiger partial charge on any atom is -0.299 e. The normalized spacial score (nSPS) is 62.0. The lowest BCUT2D eigenvalue weighted by Crippen LogP contribution is -2.27. The van der Waals surface area contributed by atoms with E-state index in [1.165, 1.54) is 32.1 Å². The number of carbonyl (C=O) groups excluding carboxylic acids is 1. The van der Waals surface area contributed by atoms with E-state index in [-0.39, 0.29) is 0 Å². The molecule has 70 valence electrons. The van der Waals surface area contributed by atoms with Gasteiger partial charge >= 0.3 is 0 Å². The van der Waals surface area contributed by atoms with E-state index in [1.54, 1.807) is 0 Å². The fourth-order valence-electron chi connectivity index (χ4n) is 5.26. The van der Waals surface area contributed by atoms with Gasteiger partial charge in [-0.25, -0.2) is 0 Å². The molecule has 0 aromatic rings. The van der Waals surface area contributed by atoms with E-state index in [9.17, 15) is 4.79 Å². The van der Waals surface area contributed by atoms with Crippen molar-refractivity contribution in [2.75, 3.05) is 0 Å². The van der Waals surface area contributed by atoms with Crippen LogP contribution in [0.25, 0.3) is 0 Å². The zero-order chi connectivity index (χ0) is 8.58. The fourth-order valence-corrected chi connectivity index (χ4v) is 5.26. The van der Waals surface area contributed by atoms with E-state index in [2.05, 4.69) is 0 Å². The molecule has 0 unspecified atom stereocenters. The molecular weight excluding hydrogens is 160 g/mol. The van der Waals surface area contributed by atoms with Gasteiger partial charge in [-0.1, -0.05) is 0 Å². The second-order valence-electron chi connectivity index (χ2n) is 5.68. The third kappa shape index (κ3) is 0.628. The largest absolute Gasteiger partial charge is 0.299 e. The Morgan fingerprint density at radius 2 is 1.38 bits per heavy atom. The third-order valence-corrected chi connectivity index (χ3v) is 5.50. The van der Waals surface area contributed by atoms with Gasteiger partial charge in [0.1, 0.15) is 5.78 Å². The van der Waals surface area contributed by atoms with Crippen LogP contribution >= 0.6 is 0 Å². The summed E-state index contributed by atoms with van der Waals surface area (Å²) in [5, 5.41) is 0. The maximum absolute atomic E-state index is 11.9. The Balaban J connectivity index is 1.81. The Morgan fingerprint density at radius 1 is 0.846 bits per heavy atom. The highest BCUT2D eigenvalue weighted by Gasteiger charge is 2.63. The van der Waals surface area contributed by atoms with Crippen LogP contribution in [0.3, 0.4) is 0 Å². The van der Waals surface area contributed by atoms with Crippen molar-refractivity contribution >= 4 is 5.78 Å². The van der Waals surface area contributed by atoms with Crippen molar-refractivity contribution in [3.63, 3.8) is 0 Å². The molecule has 0 radical (unpaired) electrons. The molecule has 0 saturated heterocycles. The van der Waals surface area contributed by atoms with Gasteiger partial charge in [0.15, 0.2) is 0 Å². The van der Waals surface area contributed by atoms with Crippen LogP contribution in [0.15, 0.2) is 0 Å². The SMILES string of the molecule is O=C1[C@H]2CC[C@@H]1[C@H]1[C@@H]3CC[C@@H](C3)[C@H]12. The van der Waals surface area contributed by atoms with Gasteiger partial charge in [0.05, 0.1) is 0 Å². The maximum atomic E-state index is 11.9. The highest BCUT2D eigenvalue weighted by molar-refractivity contribution is 5.88. The van der Waals surface area contributed by atoms with Crippen molar-refractivity contribution in [3.05, 3.63) is 0 Å². The molecule has 4 bridgehead atoms. The summed E-state index contributed by atoms with van der Waals surface area (Å²) in [5.74, 6) is 5.40. The second-order valence-corrected chi connectivity index (χ2v) is 5.68. The first-order chi connectivity index (χ1) is 6.36. The number of fused-ring (bicyclic) bond motifs is 9. The number of ketones is 1. The van der Waals surface area contributed by atoms with Crippen molar-refractivity contribution in [1.29, 1.82) is 0 Å². The van der Waals surface area contributed by atoms with Crippen LogP contribution in [-0.4, -0.2) is 5.78 Å². The summed E-state index contributed by atoms with van der Waals surface area (Å²) in [4.78, 5) is 11.9. The second kappa shape index (κ2) is 2.02. The molecule has 0 heterocycles. The quantitative estimate of drug-likeness (QED) is 0.517. The Bertz CT molecular complexity index is 257. The monoisotopic (exact) mass is 176 g/mol. The number of hydrogen-bond acceptors (Lipinski definition) is 1. The average molecular weight is 176 g/mol. The van der Waals surface area contributed by atoms with Crippen molar-refractivity contribution in [1.82, 2.24) is 0 Å². The summed E-state index contributed by atoms with van der Waals surface area (Å²) in [6, 6.07) is 0. The first-order valence-corrected chi connectivity index (χ1v) is 5.90. The molecule has 4 aliphatic rings. The molecule has 0 amide bonds. The van der Waals surface area contributed by atoms with Gasteiger partial charge in [-0.3, -0.25) is 4.79 Å². The molecule has 0 aliphatic heterocycles. The highest BCUT2D eigenvalue weighted by Crippen LogP contribution is 2.65. The standard InChI is InChI=1S/C12H16O/c13-12-8-3-4-9(12)11-7-2-1-6(5-7)10(8)11/h6-11H,1-5H2/t6-,7+,8-,9+,10-,11+. The van der Waals surface area contributed by atoms with Gasteiger partial charge in [-0.15, -0.1) is 0 Å². The van der Waals surface area contributed by atoms with Crippen LogP contribution in [-0.2, 0) is 4.79 Å². The molecule has 4 fully saturated rings. The van der Waals surface area contributed by atoms with E-state index in [0.717, 1.165) is 23.7 Å². The van der Waals surface area contributed by atoms with E-state index in [4.69, 9.17) is 0 Å². The van der Waals surface area contributed by atoms with Crippen LogP contribution in [0.4, 0.5) is 0 Å². The van der Waals surface area contributed by atoms with Crippen LogP contribution in [0.5, 0.6) is 0 Å². The average Bonchev–Trinajstić information content (AvgIpc) is 2.84. The summed E-state index contributed by atoms with van der Waals surface area (Å²) >= 11 is 0. The topological polar surface area (TPSA) is 17.1 Å². The van der Waals surface area contributed by atoms with E-state index in [0.29, 0.717) is 17.6 Å². The van der Waals surface area contributed by atoms with E-state index < -0.39 is 0 Å². The molecule has 0 N–H and O–H groups in total. The van der Waals surface area contributed by atoms with Gasteiger partial charge in [0, 0.05) is 11.8 Å². The van der Waals surface area contributed by atoms with Crippen LogP contribution < -0.4 is 0 Å². The number of rotatable bonds is 0. The van der Waals surface area contributed by atoms with E-state index >= 15 is 0 Å². The summed E-state index contributed by atoms with van der Waals surface area (Å²) in [6.07, 6.45) is 6.86. The van der Waals surface area contributed by atoms with Gasteiger partial charge in [-0.2, -0.15) is 0 Å². The number of carbonyl (C=O) groups is 1. The summed E-state index contributed by atoms with van der Waals surface area (Å²) < 4.78 is 0. The Kier molecular flexibility index (Phi) is 1.09. The summed E-state index contributed by atoms with van der Waals surface area (Å²) in [6.45, 7) is 0. The van der Waals surface area contributed by atoms with Gasteiger partial charge in [0.2, 0.25) is 0 Å². The van der Waals surface area contributed by atoms with Gasteiger partial charge in [-0.05, 0) is 55.8 Å². The Hall–Kier alpha value is -0.330. The molecule has 6 atom stereocenters. The van der Waals surface area contributed by atoms with Crippen molar-refractivity contribution in [2.24, 2.45) is 35.5 Å². The number of hydrogen-bond donors (Lipinski definition) is 0. The lowest BCUT2D eigenvalue weighted by molar-refractivity contribution is -0.122. The molecule has 4 rings (SSSR count). The Labute approximate surface area is 78.9 Å². The van der Waals surface area contributed by atoms with Crippen molar-refractivity contribution in [3.8, 4) is 0 Å². The molecule has 0 spiro atoms. The third-order valence-electron chi connectivity index (χ3n) is 5.50. The molecule has 0 aromatic carbocycles. The smallest absolute Gasteiger partial charge is 0.139 e. The number of Topliss-reactive ketones (excluding diaryl/α,β-unsaturated/α-hetero) is 1. The predicted octanol–water partition coefficient (Wildman–Crippen LogP) is 2.26. The van der Waals surface area contributed by atoms with Crippen molar-refractivity contribution < 1.29 is 4.79 Å². The minimum absolute atomic E-state index is 0.533. The first-order valence-electron chi connectivity index (χ1n) is 5.90. The summed E-state index contributed by atoms with van der Waals surface area (Å²) in [5.41, 5.74) is 0. The van der Waals surface area contributed by atoms with Crippen LogP contribution in [0.1, 0.15) is 32.1 Å². The van der Waals surface area contributed by atoms with E-state index in [1.807, 2.05) is 0 Å². The minimum atomic E-state index is 0.533. The lowest BCUT2D eigenvalue weighted by atomic mass is 9.71. The Morgan fingerprint density at radius 3 is 1.92 bits per heavy atom. The first kappa shape index (κ1) is 7.03. The van der Waals surface area contributed by atoms with Gasteiger partial charge < -0.3 is 0 Å². The highest BCUT2D eigenvalue weighted by atomic mass is 16.1. The zero-order valence-electron chi connectivity index (χ0n) is 7.91. The van der Waals surface area contributed by atoms with Crippen LogP contribution in [0, 0.1) is 35.5 Å². The van der Waals surface area contributed by atoms with Gasteiger partial charge in [0.25, 0.3) is 0 Å².